The summed E-state index contributed by atoms with van der Waals surface area (Å²) in [4.78, 5) is 4.23. The van der Waals surface area contributed by atoms with E-state index >= 15 is 0 Å². The van der Waals surface area contributed by atoms with Crippen molar-refractivity contribution in [3.8, 4) is 5.75 Å². The van der Waals surface area contributed by atoms with Crippen LogP contribution in [0.4, 0.5) is 5.69 Å². The SMILES string of the molecule is COc1cnc(C)cc1NCCC1=CCCCC1. The summed E-state index contributed by atoms with van der Waals surface area (Å²) in [7, 11) is 1.68. The summed E-state index contributed by atoms with van der Waals surface area (Å²) in [5, 5.41) is 3.45. The second-order valence-electron chi connectivity index (χ2n) is 4.81. The van der Waals surface area contributed by atoms with Crippen molar-refractivity contribution in [3.63, 3.8) is 0 Å². The first-order valence-electron chi connectivity index (χ1n) is 6.72. The number of nitrogens with one attached hydrogen (secondary N) is 1. The number of hydrogen-bond donors (Lipinski definition) is 1. The number of pyridine rings is 1. The molecule has 18 heavy (non-hydrogen) atoms. The fourth-order valence-electron chi connectivity index (χ4n) is 2.34. The molecule has 1 aliphatic carbocycles. The summed E-state index contributed by atoms with van der Waals surface area (Å²) in [5.74, 6) is 0.818. The first-order chi connectivity index (χ1) is 8.79. The topological polar surface area (TPSA) is 34.1 Å². The van der Waals surface area contributed by atoms with Crippen LogP contribution >= 0.6 is 0 Å². The molecular weight excluding hydrogens is 224 g/mol. The van der Waals surface area contributed by atoms with Crippen molar-refractivity contribution >= 4 is 5.69 Å². The summed E-state index contributed by atoms with van der Waals surface area (Å²) in [6, 6.07) is 2.04. The van der Waals surface area contributed by atoms with Gasteiger partial charge in [0.05, 0.1) is 19.0 Å². The number of nitrogens with zero attached hydrogens (tertiary/aromatic N) is 1. The molecule has 0 fully saturated rings. The highest BCUT2D eigenvalue weighted by Crippen LogP contribution is 2.24. The standard InChI is InChI=1S/C15H22N2O/c1-12-10-14(15(18-2)11-17-12)16-9-8-13-6-4-3-5-7-13/h6,10-11H,3-5,7-9H2,1-2H3,(H,16,17). The Hall–Kier alpha value is -1.51. The van der Waals surface area contributed by atoms with E-state index in [0.717, 1.165) is 30.1 Å². The van der Waals surface area contributed by atoms with Crippen LogP contribution in [0.15, 0.2) is 23.9 Å². The summed E-state index contributed by atoms with van der Waals surface area (Å²) < 4.78 is 5.30. The fourth-order valence-corrected chi connectivity index (χ4v) is 2.34. The van der Waals surface area contributed by atoms with Crippen molar-refractivity contribution in [1.82, 2.24) is 4.98 Å². The maximum Gasteiger partial charge on any atom is 0.160 e. The molecule has 0 saturated heterocycles. The van der Waals surface area contributed by atoms with E-state index < -0.39 is 0 Å². The van der Waals surface area contributed by atoms with Gasteiger partial charge in [0.15, 0.2) is 5.75 Å². The van der Waals surface area contributed by atoms with E-state index in [-0.39, 0.29) is 0 Å². The molecular formula is C15H22N2O. The molecule has 0 spiro atoms. The molecule has 0 aromatic carbocycles. The van der Waals surface area contributed by atoms with Crippen LogP contribution in [-0.2, 0) is 0 Å². The molecule has 0 saturated carbocycles. The second-order valence-corrected chi connectivity index (χ2v) is 4.81. The molecule has 0 unspecified atom stereocenters. The Morgan fingerprint density at radius 2 is 2.28 bits per heavy atom. The third-order valence-corrected chi connectivity index (χ3v) is 3.37. The Labute approximate surface area is 109 Å². The number of ether oxygens (including phenoxy) is 1. The van der Waals surface area contributed by atoms with Crippen LogP contribution in [0, 0.1) is 6.92 Å². The van der Waals surface area contributed by atoms with Crippen LogP contribution in [0.3, 0.4) is 0 Å². The first-order valence-corrected chi connectivity index (χ1v) is 6.72. The molecule has 3 heteroatoms. The Bertz CT molecular complexity index is 427. The molecule has 1 heterocycles. The molecule has 0 bridgehead atoms. The molecule has 2 rings (SSSR count). The zero-order valence-electron chi connectivity index (χ0n) is 11.3. The van der Waals surface area contributed by atoms with Gasteiger partial charge in [-0.25, -0.2) is 0 Å². The van der Waals surface area contributed by atoms with E-state index in [2.05, 4.69) is 16.4 Å². The van der Waals surface area contributed by atoms with Gasteiger partial charge < -0.3 is 10.1 Å². The number of aryl methyl sites for hydroxylation is 1. The largest absolute Gasteiger partial charge is 0.493 e. The second kappa shape index (κ2) is 6.43. The average molecular weight is 246 g/mol. The molecule has 1 aromatic heterocycles. The van der Waals surface area contributed by atoms with Crippen LogP contribution in [0.1, 0.15) is 37.8 Å². The third kappa shape index (κ3) is 3.49. The van der Waals surface area contributed by atoms with Crippen molar-refractivity contribution in [2.75, 3.05) is 19.0 Å². The van der Waals surface area contributed by atoms with E-state index in [1.54, 1.807) is 18.9 Å². The molecule has 0 radical (unpaired) electrons. The highest BCUT2D eigenvalue weighted by atomic mass is 16.5. The summed E-state index contributed by atoms with van der Waals surface area (Å²) in [6.45, 7) is 2.96. The van der Waals surface area contributed by atoms with Gasteiger partial charge in [0.1, 0.15) is 0 Å². The van der Waals surface area contributed by atoms with Gasteiger partial charge in [-0.15, -0.1) is 0 Å². The molecule has 1 N–H and O–H groups in total. The number of anilines is 1. The molecule has 0 aliphatic heterocycles. The zero-order chi connectivity index (χ0) is 12.8. The summed E-state index contributed by atoms with van der Waals surface area (Å²) >= 11 is 0. The Kier molecular flexibility index (Phi) is 4.62. The number of methoxy groups -OCH3 is 1. The van der Waals surface area contributed by atoms with Crippen molar-refractivity contribution in [2.24, 2.45) is 0 Å². The highest BCUT2D eigenvalue weighted by Gasteiger charge is 2.06. The smallest absolute Gasteiger partial charge is 0.160 e. The van der Waals surface area contributed by atoms with E-state index in [9.17, 15) is 0 Å². The minimum absolute atomic E-state index is 0.818. The van der Waals surface area contributed by atoms with E-state index in [4.69, 9.17) is 4.74 Å². The van der Waals surface area contributed by atoms with Gasteiger partial charge in [-0.1, -0.05) is 11.6 Å². The zero-order valence-corrected chi connectivity index (χ0v) is 11.3. The predicted molar refractivity (Wildman–Crippen MR) is 75.2 cm³/mol. The summed E-state index contributed by atoms with van der Waals surface area (Å²) in [6.07, 6.45) is 10.5. The number of rotatable bonds is 5. The normalized spacial score (nSPS) is 15.1. The number of allylic oxidation sites excluding steroid dienone is 1. The predicted octanol–water partition coefficient (Wildman–Crippen LogP) is 3.70. The third-order valence-electron chi connectivity index (χ3n) is 3.37. The summed E-state index contributed by atoms with van der Waals surface area (Å²) in [5.41, 5.74) is 3.65. The lowest BCUT2D eigenvalue weighted by molar-refractivity contribution is 0.414. The van der Waals surface area contributed by atoms with Crippen LogP contribution in [0.25, 0.3) is 0 Å². The minimum atomic E-state index is 0.818. The van der Waals surface area contributed by atoms with Crippen molar-refractivity contribution in [1.29, 1.82) is 0 Å². The van der Waals surface area contributed by atoms with Crippen LogP contribution in [0.2, 0.25) is 0 Å². The van der Waals surface area contributed by atoms with E-state index in [1.807, 2.05) is 13.0 Å². The molecule has 98 valence electrons. The molecule has 1 aromatic rings. The van der Waals surface area contributed by atoms with Crippen molar-refractivity contribution in [3.05, 3.63) is 29.6 Å². The first kappa shape index (κ1) is 12.9. The quantitative estimate of drug-likeness (QED) is 0.804. The van der Waals surface area contributed by atoms with Gasteiger partial charge in [0.25, 0.3) is 0 Å². The maximum atomic E-state index is 5.30. The Morgan fingerprint density at radius 1 is 1.39 bits per heavy atom. The van der Waals surface area contributed by atoms with Crippen molar-refractivity contribution in [2.45, 2.75) is 39.0 Å². The van der Waals surface area contributed by atoms with Crippen LogP contribution < -0.4 is 10.1 Å². The highest BCUT2D eigenvalue weighted by molar-refractivity contribution is 5.55. The molecule has 0 atom stereocenters. The van der Waals surface area contributed by atoms with E-state index in [1.165, 1.54) is 25.7 Å². The molecule has 3 nitrogen and oxygen atoms in total. The van der Waals surface area contributed by atoms with Gasteiger partial charge in [0.2, 0.25) is 0 Å². The van der Waals surface area contributed by atoms with Gasteiger partial charge in [-0.2, -0.15) is 0 Å². The van der Waals surface area contributed by atoms with Crippen LogP contribution in [0.5, 0.6) is 5.75 Å². The molecule has 0 amide bonds. The van der Waals surface area contributed by atoms with Gasteiger partial charge in [-0.3, -0.25) is 4.98 Å². The fraction of sp³-hybridized carbons (Fsp3) is 0.533. The van der Waals surface area contributed by atoms with Gasteiger partial charge >= 0.3 is 0 Å². The Balaban J connectivity index is 1.89. The van der Waals surface area contributed by atoms with Gasteiger partial charge in [0, 0.05) is 12.2 Å². The minimum Gasteiger partial charge on any atom is -0.493 e. The van der Waals surface area contributed by atoms with Crippen molar-refractivity contribution < 1.29 is 4.74 Å². The lowest BCUT2D eigenvalue weighted by Crippen LogP contribution is -2.06. The van der Waals surface area contributed by atoms with Gasteiger partial charge in [-0.05, 0) is 45.1 Å². The monoisotopic (exact) mass is 246 g/mol. The lowest BCUT2D eigenvalue weighted by atomic mass is 9.97. The molecule has 1 aliphatic rings. The maximum absolute atomic E-state index is 5.30. The number of aromatic nitrogens is 1. The lowest BCUT2D eigenvalue weighted by Gasteiger charge is -2.15. The average Bonchev–Trinajstić information content (AvgIpc) is 2.40. The Morgan fingerprint density at radius 3 is 3.00 bits per heavy atom. The van der Waals surface area contributed by atoms with Crippen LogP contribution in [-0.4, -0.2) is 18.6 Å². The number of hydrogen-bond acceptors (Lipinski definition) is 3. The van der Waals surface area contributed by atoms with E-state index in [0.29, 0.717) is 0 Å².